The molecule has 0 spiro atoms. The van der Waals surface area contributed by atoms with Gasteiger partial charge in [-0.2, -0.15) is 0 Å². The van der Waals surface area contributed by atoms with Crippen molar-refractivity contribution in [2.24, 2.45) is 0 Å². The smallest absolute Gasteiger partial charge is 0.337 e. The van der Waals surface area contributed by atoms with Gasteiger partial charge in [-0.3, -0.25) is 9.59 Å². The van der Waals surface area contributed by atoms with Crippen molar-refractivity contribution in [2.45, 2.75) is 12.5 Å². The third kappa shape index (κ3) is 4.95. The van der Waals surface area contributed by atoms with E-state index in [-0.39, 0.29) is 5.57 Å². The molecule has 1 amide bonds. The van der Waals surface area contributed by atoms with E-state index in [1.54, 1.807) is 37.5 Å². The molecule has 166 valence electrons. The highest BCUT2D eigenvalue weighted by Crippen LogP contribution is 2.38. The van der Waals surface area contributed by atoms with Gasteiger partial charge in [-0.25, -0.2) is 4.79 Å². The Morgan fingerprint density at radius 2 is 1.75 bits per heavy atom. The number of aliphatic hydroxyl groups is 1. The first-order valence-electron chi connectivity index (χ1n) is 10.2. The van der Waals surface area contributed by atoms with E-state index in [0.717, 1.165) is 5.56 Å². The van der Waals surface area contributed by atoms with E-state index < -0.39 is 29.5 Å². The molecule has 0 fully saturated rings. The number of benzene rings is 2. The van der Waals surface area contributed by atoms with Crippen LogP contribution in [0.3, 0.4) is 0 Å². The highest BCUT2D eigenvalue weighted by Gasteiger charge is 2.42. The lowest BCUT2D eigenvalue weighted by Gasteiger charge is -2.26. The van der Waals surface area contributed by atoms with Gasteiger partial charge in [0.15, 0.2) is 11.5 Å². The number of hydrogen-bond acceptors (Lipinski definition) is 6. The topological polar surface area (TPSA) is 93.1 Å². The lowest BCUT2D eigenvalue weighted by Crippen LogP contribution is -2.32. The quantitative estimate of drug-likeness (QED) is 0.368. The van der Waals surface area contributed by atoms with Crippen LogP contribution in [0.4, 0.5) is 0 Å². The summed E-state index contributed by atoms with van der Waals surface area (Å²) in [5.41, 5.74) is 1.77. The lowest BCUT2D eigenvalue weighted by molar-refractivity contribution is -0.129. The summed E-state index contributed by atoms with van der Waals surface area (Å²) < 4.78 is 9.80. The van der Waals surface area contributed by atoms with Crippen molar-refractivity contribution in [3.05, 3.63) is 88.7 Å². The molecule has 7 heteroatoms. The zero-order chi connectivity index (χ0) is 23.1. The van der Waals surface area contributed by atoms with Gasteiger partial charge in [-0.05, 0) is 35.8 Å². The lowest BCUT2D eigenvalue weighted by atomic mass is 9.94. The second kappa shape index (κ2) is 10.5. The minimum atomic E-state index is -0.779. The standard InChI is InChI=1S/C25H25NO6/c1-31-16-6-15-26-22(18-10-12-19(13-11-18)25(30)32-2)21(23(28)24(26)29)20(27)14-9-17-7-4-3-5-8-17/h3-5,7-14,22,28H,6,15-16H2,1-2H3/b14-9+. The number of ketones is 1. The van der Waals surface area contributed by atoms with E-state index in [0.29, 0.717) is 30.7 Å². The monoisotopic (exact) mass is 435 g/mol. The van der Waals surface area contributed by atoms with E-state index in [1.807, 2.05) is 30.3 Å². The summed E-state index contributed by atoms with van der Waals surface area (Å²) in [6.45, 7) is 0.717. The van der Waals surface area contributed by atoms with Crippen LogP contribution in [0.5, 0.6) is 0 Å². The number of methoxy groups -OCH3 is 2. The molecule has 7 nitrogen and oxygen atoms in total. The maximum atomic E-state index is 13.1. The van der Waals surface area contributed by atoms with Gasteiger partial charge in [0.1, 0.15) is 0 Å². The Kier molecular flexibility index (Phi) is 7.57. The largest absolute Gasteiger partial charge is 0.503 e. The molecule has 2 aromatic carbocycles. The molecule has 0 aliphatic carbocycles. The number of esters is 1. The number of nitrogens with zero attached hydrogens (tertiary/aromatic N) is 1. The molecule has 0 aromatic heterocycles. The summed E-state index contributed by atoms with van der Waals surface area (Å²) in [7, 11) is 2.86. The van der Waals surface area contributed by atoms with Gasteiger partial charge in [0.25, 0.3) is 5.91 Å². The predicted octanol–water partition coefficient (Wildman–Crippen LogP) is 3.49. The Hall–Kier alpha value is -3.71. The van der Waals surface area contributed by atoms with E-state index in [1.165, 1.54) is 18.1 Å². The van der Waals surface area contributed by atoms with Gasteiger partial charge in [0.05, 0.1) is 24.3 Å². The van der Waals surface area contributed by atoms with Crippen LogP contribution in [-0.2, 0) is 19.1 Å². The van der Waals surface area contributed by atoms with E-state index in [2.05, 4.69) is 0 Å². The van der Waals surface area contributed by atoms with E-state index in [4.69, 9.17) is 9.47 Å². The van der Waals surface area contributed by atoms with Gasteiger partial charge in [-0.1, -0.05) is 48.5 Å². The second-order valence-corrected chi connectivity index (χ2v) is 7.23. The number of amides is 1. The van der Waals surface area contributed by atoms with Crippen LogP contribution >= 0.6 is 0 Å². The van der Waals surface area contributed by atoms with Gasteiger partial charge < -0.3 is 19.5 Å². The van der Waals surface area contributed by atoms with E-state index in [9.17, 15) is 19.5 Å². The van der Waals surface area contributed by atoms with Crippen LogP contribution in [0.25, 0.3) is 6.08 Å². The second-order valence-electron chi connectivity index (χ2n) is 7.23. The minimum Gasteiger partial charge on any atom is -0.503 e. The average Bonchev–Trinajstić information content (AvgIpc) is 3.08. The van der Waals surface area contributed by atoms with Crippen molar-refractivity contribution < 1.29 is 29.0 Å². The van der Waals surface area contributed by atoms with Gasteiger partial charge >= 0.3 is 5.97 Å². The van der Waals surface area contributed by atoms with Gasteiger partial charge in [-0.15, -0.1) is 0 Å². The van der Waals surface area contributed by atoms with Crippen molar-refractivity contribution in [1.82, 2.24) is 4.90 Å². The Balaban J connectivity index is 1.96. The number of carbonyl (C=O) groups excluding carboxylic acids is 3. The van der Waals surface area contributed by atoms with Crippen LogP contribution in [0.1, 0.15) is 33.9 Å². The molecular weight excluding hydrogens is 410 g/mol. The van der Waals surface area contributed by atoms with Crippen molar-refractivity contribution in [1.29, 1.82) is 0 Å². The fourth-order valence-corrected chi connectivity index (χ4v) is 3.61. The molecule has 1 atom stereocenters. The highest BCUT2D eigenvalue weighted by molar-refractivity contribution is 6.14. The van der Waals surface area contributed by atoms with Gasteiger partial charge in [0.2, 0.25) is 0 Å². The minimum absolute atomic E-state index is 0.00501. The molecule has 1 aliphatic heterocycles. The Bertz CT molecular complexity index is 1040. The summed E-state index contributed by atoms with van der Waals surface area (Å²) >= 11 is 0. The molecule has 1 heterocycles. The molecule has 32 heavy (non-hydrogen) atoms. The maximum Gasteiger partial charge on any atom is 0.337 e. The Morgan fingerprint density at radius 3 is 2.38 bits per heavy atom. The number of aliphatic hydroxyl groups excluding tert-OH is 1. The number of rotatable bonds is 9. The molecular formula is C25H25NO6. The molecule has 1 aliphatic rings. The molecule has 1 unspecified atom stereocenters. The first-order valence-corrected chi connectivity index (χ1v) is 10.2. The first-order chi connectivity index (χ1) is 15.5. The van der Waals surface area contributed by atoms with Crippen molar-refractivity contribution >= 4 is 23.7 Å². The predicted molar refractivity (Wildman–Crippen MR) is 119 cm³/mol. The molecule has 1 N–H and O–H groups in total. The van der Waals surface area contributed by atoms with E-state index >= 15 is 0 Å². The number of ether oxygens (including phenoxy) is 2. The first kappa shape index (κ1) is 23.0. The summed E-state index contributed by atoms with van der Waals surface area (Å²) in [4.78, 5) is 39.1. The maximum absolute atomic E-state index is 13.1. The molecule has 0 saturated heterocycles. The third-order valence-corrected chi connectivity index (χ3v) is 5.19. The van der Waals surface area contributed by atoms with Crippen LogP contribution in [0.2, 0.25) is 0 Å². The summed E-state index contributed by atoms with van der Waals surface area (Å²) in [6.07, 6.45) is 3.52. The van der Waals surface area contributed by atoms with Crippen molar-refractivity contribution in [3.8, 4) is 0 Å². The highest BCUT2D eigenvalue weighted by atomic mass is 16.5. The molecule has 3 rings (SSSR count). The zero-order valence-corrected chi connectivity index (χ0v) is 18.0. The molecule has 0 saturated carbocycles. The zero-order valence-electron chi connectivity index (χ0n) is 18.0. The van der Waals surface area contributed by atoms with Crippen molar-refractivity contribution in [2.75, 3.05) is 27.4 Å². The summed E-state index contributed by atoms with van der Waals surface area (Å²) in [5.74, 6) is -2.13. The Labute approximate surface area is 186 Å². The Morgan fingerprint density at radius 1 is 1.06 bits per heavy atom. The summed E-state index contributed by atoms with van der Waals surface area (Å²) in [5, 5.41) is 10.6. The molecule has 2 aromatic rings. The normalized spacial score (nSPS) is 16.1. The van der Waals surface area contributed by atoms with Crippen LogP contribution in [0.15, 0.2) is 72.0 Å². The average molecular weight is 435 g/mol. The summed E-state index contributed by atoms with van der Waals surface area (Å²) in [6, 6.07) is 14.9. The van der Waals surface area contributed by atoms with Crippen LogP contribution in [0, 0.1) is 0 Å². The fraction of sp³-hybridized carbons (Fsp3) is 0.240. The fourth-order valence-electron chi connectivity index (χ4n) is 3.61. The number of carbonyl (C=O) groups is 3. The number of hydrogen-bond donors (Lipinski definition) is 1. The molecule has 0 bridgehead atoms. The van der Waals surface area contributed by atoms with Crippen LogP contribution in [-0.4, -0.2) is 55.0 Å². The number of allylic oxidation sites excluding steroid dienone is 1. The van der Waals surface area contributed by atoms with Crippen LogP contribution < -0.4 is 0 Å². The van der Waals surface area contributed by atoms with Gasteiger partial charge in [0, 0.05) is 20.3 Å². The third-order valence-electron chi connectivity index (χ3n) is 5.19. The molecule has 0 radical (unpaired) electrons. The SMILES string of the molecule is COCCCN1C(=O)C(O)=C(C(=O)/C=C/c2ccccc2)C1c1ccc(C(=O)OC)cc1. The van der Waals surface area contributed by atoms with Crippen molar-refractivity contribution in [3.63, 3.8) is 0 Å².